The van der Waals surface area contributed by atoms with Gasteiger partial charge in [0.2, 0.25) is 0 Å². The number of ether oxygens (including phenoxy) is 2. The molecular formula is C13H21N3O2. The standard InChI is InChI=1S/C13H21N3O2/c1-17-11-3-2-4-12(8-11)18-9-10-5-6-15-13(7-10)16-14/h5-7,11-12H,2-4,8-9,14H2,1H3,(H,15,16). The van der Waals surface area contributed by atoms with E-state index < -0.39 is 0 Å². The van der Waals surface area contributed by atoms with Crippen LogP contribution in [0, 0.1) is 0 Å². The highest BCUT2D eigenvalue weighted by Crippen LogP contribution is 2.24. The van der Waals surface area contributed by atoms with Gasteiger partial charge < -0.3 is 14.9 Å². The smallest absolute Gasteiger partial charge is 0.140 e. The van der Waals surface area contributed by atoms with Crippen LogP contribution in [0.3, 0.4) is 0 Å². The summed E-state index contributed by atoms with van der Waals surface area (Å²) in [5.74, 6) is 5.99. The third-order valence-corrected chi connectivity index (χ3v) is 3.37. The van der Waals surface area contributed by atoms with E-state index in [2.05, 4.69) is 10.4 Å². The molecule has 18 heavy (non-hydrogen) atoms. The maximum Gasteiger partial charge on any atom is 0.140 e. The van der Waals surface area contributed by atoms with Crippen LogP contribution in [0.25, 0.3) is 0 Å². The number of nitrogens with one attached hydrogen (secondary N) is 1. The molecule has 3 N–H and O–H groups in total. The van der Waals surface area contributed by atoms with Gasteiger partial charge in [0.25, 0.3) is 0 Å². The van der Waals surface area contributed by atoms with Gasteiger partial charge in [-0.15, -0.1) is 0 Å². The summed E-state index contributed by atoms with van der Waals surface area (Å²) in [7, 11) is 1.77. The zero-order chi connectivity index (χ0) is 12.8. The second kappa shape index (κ2) is 6.68. The van der Waals surface area contributed by atoms with Crippen LogP contribution in [-0.2, 0) is 16.1 Å². The molecule has 0 bridgehead atoms. The minimum absolute atomic E-state index is 0.297. The highest BCUT2D eigenvalue weighted by atomic mass is 16.5. The first-order chi connectivity index (χ1) is 8.81. The number of pyridine rings is 1. The molecule has 0 aliphatic heterocycles. The van der Waals surface area contributed by atoms with Gasteiger partial charge in [-0.05, 0) is 43.4 Å². The summed E-state index contributed by atoms with van der Waals surface area (Å²) in [4.78, 5) is 4.07. The molecule has 1 aromatic rings. The molecule has 1 heterocycles. The van der Waals surface area contributed by atoms with Crippen LogP contribution in [0.2, 0.25) is 0 Å². The molecular weight excluding hydrogens is 230 g/mol. The summed E-state index contributed by atoms with van der Waals surface area (Å²) in [6.07, 6.45) is 6.80. The summed E-state index contributed by atoms with van der Waals surface area (Å²) in [5, 5.41) is 0. The molecule has 1 fully saturated rings. The number of nitrogens with two attached hydrogens (primary N) is 1. The number of methoxy groups -OCH3 is 1. The Balaban J connectivity index is 1.83. The largest absolute Gasteiger partial charge is 0.381 e. The van der Waals surface area contributed by atoms with Gasteiger partial charge in [-0.2, -0.15) is 0 Å². The monoisotopic (exact) mass is 251 g/mol. The van der Waals surface area contributed by atoms with Crippen molar-refractivity contribution in [2.45, 2.75) is 44.5 Å². The van der Waals surface area contributed by atoms with Gasteiger partial charge in [0.05, 0.1) is 18.8 Å². The van der Waals surface area contributed by atoms with Gasteiger partial charge in [0, 0.05) is 13.3 Å². The lowest BCUT2D eigenvalue weighted by molar-refractivity contribution is -0.0363. The van der Waals surface area contributed by atoms with Crippen LogP contribution in [0.1, 0.15) is 31.2 Å². The van der Waals surface area contributed by atoms with Crippen molar-refractivity contribution in [3.05, 3.63) is 23.9 Å². The molecule has 0 radical (unpaired) electrons. The molecule has 0 spiro atoms. The van der Waals surface area contributed by atoms with Gasteiger partial charge >= 0.3 is 0 Å². The van der Waals surface area contributed by atoms with Gasteiger partial charge in [-0.25, -0.2) is 10.8 Å². The zero-order valence-corrected chi connectivity index (χ0v) is 10.8. The molecule has 5 nitrogen and oxygen atoms in total. The normalized spacial score (nSPS) is 23.9. The second-order valence-corrected chi connectivity index (χ2v) is 4.65. The number of hydrogen-bond acceptors (Lipinski definition) is 5. The van der Waals surface area contributed by atoms with E-state index in [-0.39, 0.29) is 0 Å². The average Bonchev–Trinajstić information content (AvgIpc) is 2.45. The highest BCUT2D eigenvalue weighted by molar-refractivity contribution is 5.35. The van der Waals surface area contributed by atoms with Crippen LogP contribution in [-0.4, -0.2) is 24.3 Å². The van der Waals surface area contributed by atoms with Crippen molar-refractivity contribution in [2.75, 3.05) is 12.5 Å². The van der Waals surface area contributed by atoms with Crippen molar-refractivity contribution in [3.63, 3.8) is 0 Å². The van der Waals surface area contributed by atoms with Crippen molar-refractivity contribution in [1.29, 1.82) is 0 Å². The minimum Gasteiger partial charge on any atom is -0.381 e. The van der Waals surface area contributed by atoms with E-state index in [1.165, 1.54) is 6.42 Å². The number of rotatable bonds is 5. The SMILES string of the molecule is COC1CCCC(OCc2ccnc(NN)c2)C1. The first kappa shape index (κ1) is 13.3. The van der Waals surface area contributed by atoms with E-state index in [9.17, 15) is 0 Å². The predicted octanol–water partition coefficient (Wildman–Crippen LogP) is 1.84. The molecule has 0 saturated heterocycles. The van der Waals surface area contributed by atoms with Gasteiger partial charge in [0.15, 0.2) is 0 Å². The van der Waals surface area contributed by atoms with E-state index in [0.29, 0.717) is 24.6 Å². The van der Waals surface area contributed by atoms with Crippen LogP contribution in [0.4, 0.5) is 5.82 Å². The molecule has 1 aliphatic carbocycles. The lowest BCUT2D eigenvalue weighted by Gasteiger charge is -2.28. The molecule has 1 saturated carbocycles. The molecule has 5 heteroatoms. The Hall–Kier alpha value is -1.17. The summed E-state index contributed by atoms with van der Waals surface area (Å²) >= 11 is 0. The summed E-state index contributed by atoms with van der Waals surface area (Å²) in [5.41, 5.74) is 3.62. The van der Waals surface area contributed by atoms with E-state index in [1.807, 2.05) is 12.1 Å². The zero-order valence-electron chi connectivity index (χ0n) is 10.8. The Morgan fingerprint density at radius 2 is 2.28 bits per heavy atom. The number of hydrogen-bond donors (Lipinski definition) is 2. The van der Waals surface area contributed by atoms with E-state index >= 15 is 0 Å². The Morgan fingerprint density at radius 3 is 3.06 bits per heavy atom. The average molecular weight is 251 g/mol. The van der Waals surface area contributed by atoms with Crippen molar-refractivity contribution in [3.8, 4) is 0 Å². The lowest BCUT2D eigenvalue weighted by atomic mass is 9.95. The topological polar surface area (TPSA) is 69.4 Å². The number of hydrazine groups is 1. The van der Waals surface area contributed by atoms with Gasteiger partial charge in [0.1, 0.15) is 5.82 Å². The minimum atomic E-state index is 0.297. The van der Waals surface area contributed by atoms with Crippen molar-refractivity contribution >= 4 is 5.82 Å². The highest BCUT2D eigenvalue weighted by Gasteiger charge is 2.22. The first-order valence-corrected chi connectivity index (χ1v) is 6.37. The quantitative estimate of drug-likeness (QED) is 0.617. The molecule has 2 atom stereocenters. The van der Waals surface area contributed by atoms with Crippen molar-refractivity contribution in [1.82, 2.24) is 4.98 Å². The summed E-state index contributed by atoms with van der Waals surface area (Å²) in [6.45, 7) is 0.596. The molecule has 1 aliphatic rings. The first-order valence-electron chi connectivity index (χ1n) is 6.37. The number of aromatic nitrogens is 1. The van der Waals surface area contributed by atoms with Crippen molar-refractivity contribution in [2.24, 2.45) is 5.84 Å². The van der Waals surface area contributed by atoms with E-state index in [1.54, 1.807) is 13.3 Å². The third-order valence-electron chi connectivity index (χ3n) is 3.37. The van der Waals surface area contributed by atoms with Crippen LogP contribution in [0.5, 0.6) is 0 Å². The fourth-order valence-electron chi connectivity index (χ4n) is 2.32. The lowest BCUT2D eigenvalue weighted by Crippen LogP contribution is -2.27. The summed E-state index contributed by atoms with van der Waals surface area (Å²) < 4.78 is 11.3. The fourth-order valence-corrected chi connectivity index (χ4v) is 2.32. The summed E-state index contributed by atoms with van der Waals surface area (Å²) in [6, 6.07) is 3.84. The van der Waals surface area contributed by atoms with E-state index in [4.69, 9.17) is 15.3 Å². The van der Waals surface area contributed by atoms with Crippen LogP contribution < -0.4 is 11.3 Å². The number of anilines is 1. The predicted molar refractivity (Wildman–Crippen MR) is 69.9 cm³/mol. The Kier molecular flexibility index (Phi) is 4.92. The third kappa shape index (κ3) is 3.66. The Labute approximate surface area is 108 Å². The maximum absolute atomic E-state index is 5.92. The van der Waals surface area contributed by atoms with Gasteiger partial charge in [-0.1, -0.05) is 0 Å². The number of nitrogens with zero attached hydrogens (tertiary/aromatic N) is 1. The molecule has 100 valence electrons. The Bertz CT molecular complexity index is 373. The van der Waals surface area contributed by atoms with Crippen molar-refractivity contribution < 1.29 is 9.47 Å². The maximum atomic E-state index is 5.92. The van der Waals surface area contributed by atoms with Crippen LogP contribution >= 0.6 is 0 Å². The van der Waals surface area contributed by atoms with Gasteiger partial charge in [-0.3, -0.25) is 0 Å². The molecule has 0 amide bonds. The fraction of sp³-hybridized carbons (Fsp3) is 0.615. The van der Waals surface area contributed by atoms with E-state index in [0.717, 1.165) is 24.8 Å². The molecule has 1 aromatic heterocycles. The molecule has 2 rings (SSSR count). The second-order valence-electron chi connectivity index (χ2n) is 4.65. The molecule has 0 aromatic carbocycles. The Morgan fingerprint density at radius 1 is 1.44 bits per heavy atom. The number of nitrogen functional groups attached to an aromatic ring is 1. The molecule has 2 unspecified atom stereocenters. The van der Waals surface area contributed by atoms with Crippen LogP contribution in [0.15, 0.2) is 18.3 Å².